The van der Waals surface area contributed by atoms with Gasteiger partial charge >= 0.3 is 0 Å². The quantitative estimate of drug-likeness (QED) is 0.461. The topological polar surface area (TPSA) is 118 Å². The molecule has 0 spiro atoms. The van der Waals surface area contributed by atoms with Gasteiger partial charge in [-0.2, -0.15) is 9.41 Å². The summed E-state index contributed by atoms with van der Waals surface area (Å²) in [4.78, 5) is 14.7. The zero-order valence-electron chi connectivity index (χ0n) is 14.7. The molecule has 1 aliphatic heterocycles. The summed E-state index contributed by atoms with van der Waals surface area (Å²) in [5.41, 5.74) is 3.77. The molecule has 0 atom stereocenters. The minimum atomic E-state index is -3.73. The first-order valence-corrected chi connectivity index (χ1v) is 9.83. The molecule has 1 saturated heterocycles. The average Bonchev–Trinajstić information content (AvgIpc) is 3.22. The van der Waals surface area contributed by atoms with E-state index < -0.39 is 14.9 Å². The fraction of sp³-hybridized carbons (Fsp3) is 0.294. The van der Waals surface area contributed by atoms with Gasteiger partial charge in [0.15, 0.2) is 0 Å². The number of aromatic nitrogens is 1. The molecule has 0 saturated carbocycles. The predicted octanol–water partition coefficient (Wildman–Crippen LogP) is 2.61. The molecule has 9 nitrogen and oxygen atoms in total. The molecule has 27 heavy (non-hydrogen) atoms. The van der Waals surface area contributed by atoms with Crippen molar-refractivity contribution in [2.24, 2.45) is 5.10 Å². The van der Waals surface area contributed by atoms with E-state index >= 15 is 0 Å². The third-order valence-electron chi connectivity index (χ3n) is 4.29. The molecule has 1 aromatic carbocycles. The molecule has 0 radical (unpaired) electrons. The highest BCUT2D eigenvalue weighted by Gasteiger charge is 2.29. The highest BCUT2D eigenvalue weighted by atomic mass is 32.2. The number of pyridine rings is 1. The van der Waals surface area contributed by atoms with Crippen molar-refractivity contribution < 1.29 is 13.3 Å². The van der Waals surface area contributed by atoms with Gasteiger partial charge in [-0.15, -0.1) is 0 Å². The first-order chi connectivity index (χ1) is 12.9. The number of nitro benzene ring substituents is 1. The minimum absolute atomic E-state index is 0.0883. The van der Waals surface area contributed by atoms with Crippen molar-refractivity contribution in [3.8, 4) is 0 Å². The third-order valence-corrected chi connectivity index (χ3v) is 6.19. The van der Waals surface area contributed by atoms with E-state index in [1.165, 1.54) is 16.4 Å². The van der Waals surface area contributed by atoms with Gasteiger partial charge in [-0.05, 0) is 38.0 Å². The Hall–Kier alpha value is -2.85. The zero-order chi connectivity index (χ0) is 19.4. The lowest BCUT2D eigenvalue weighted by molar-refractivity contribution is -0.384. The van der Waals surface area contributed by atoms with Crippen molar-refractivity contribution in [2.75, 3.05) is 18.5 Å². The molecule has 0 bridgehead atoms. The summed E-state index contributed by atoms with van der Waals surface area (Å²) >= 11 is 0. The van der Waals surface area contributed by atoms with Crippen molar-refractivity contribution in [3.63, 3.8) is 0 Å². The number of nitro groups is 1. The van der Waals surface area contributed by atoms with E-state index in [9.17, 15) is 18.5 Å². The predicted molar refractivity (Wildman–Crippen MR) is 101 cm³/mol. The molecule has 1 fully saturated rings. The largest absolute Gasteiger partial charge is 0.295 e. The first-order valence-electron chi connectivity index (χ1n) is 8.39. The number of benzene rings is 1. The number of anilines is 1. The fourth-order valence-corrected chi connectivity index (χ4v) is 4.32. The zero-order valence-corrected chi connectivity index (χ0v) is 15.5. The molecule has 10 heteroatoms. The van der Waals surface area contributed by atoms with Gasteiger partial charge < -0.3 is 0 Å². The monoisotopic (exact) mass is 389 g/mol. The van der Waals surface area contributed by atoms with Crippen molar-refractivity contribution in [3.05, 3.63) is 58.4 Å². The Bertz CT molecular complexity index is 970. The summed E-state index contributed by atoms with van der Waals surface area (Å²) in [6, 6.07) is 7.37. The Balaban J connectivity index is 1.89. The second kappa shape index (κ2) is 7.80. The standard InChI is InChI=1S/C17H19N5O4S/c1-13(14-5-4-8-18-12-14)19-20-16-7-6-15(11-17(16)22(23)24)27(25,26)21-9-2-3-10-21/h4-8,11-12,20H,2-3,9-10H2,1H3/b19-13+. The normalized spacial score (nSPS) is 15.7. The lowest BCUT2D eigenvalue weighted by Crippen LogP contribution is -2.27. The molecule has 3 rings (SSSR count). The number of hydrogen-bond donors (Lipinski definition) is 1. The maximum absolute atomic E-state index is 12.6. The van der Waals surface area contributed by atoms with E-state index in [0.717, 1.165) is 24.5 Å². The van der Waals surface area contributed by atoms with Crippen LogP contribution in [-0.2, 0) is 10.0 Å². The molecule has 1 aromatic heterocycles. The van der Waals surface area contributed by atoms with Crippen LogP contribution >= 0.6 is 0 Å². The number of rotatable bonds is 6. The highest BCUT2D eigenvalue weighted by molar-refractivity contribution is 7.89. The molecule has 1 N–H and O–H groups in total. The lowest BCUT2D eigenvalue weighted by Gasteiger charge is -2.15. The van der Waals surface area contributed by atoms with Gasteiger partial charge in [0.2, 0.25) is 10.0 Å². The van der Waals surface area contributed by atoms with Crippen LogP contribution in [0.2, 0.25) is 0 Å². The summed E-state index contributed by atoms with van der Waals surface area (Å²) in [5.74, 6) is 0. The van der Waals surface area contributed by atoms with Crippen LogP contribution in [0.5, 0.6) is 0 Å². The van der Waals surface area contributed by atoms with Crippen molar-refractivity contribution in [1.29, 1.82) is 0 Å². The van der Waals surface area contributed by atoms with Crippen LogP contribution in [0, 0.1) is 10.1 Å². The molecule has 0 unspecified atom stereocenters. The molecule has 0 amide bonds. The van der Waals surface area contributed by atoms with Crippen LogP contribution in [0.4, 0.5) is 11.4 Å². The van der Waals surface area contributed by atoms with Crippen molar-refractivity contribution in [1.82, 2.24) is 9.29 Å². The summed E-state index contributed by atoms with van der Waals surface area (Å²) in [6.45, 7) is 2.61. The van der Waals surface area contributed by atoms with E-state index in [1.807, 2.05) is 6.07 Å². The van der Waals surface area contributed by atoms with Crippen LogP contribution in [0.3, 0.4) is 0 Å². The third kappa shape index (κ3) is 4.12. The molecule has 2 aromatic rings. The lowest BCUT2D eigenvalue weighted by atomic mass is 10.2. The van der Waals surface area contributed by atoms with Gasteiger partial charge in [0.1, 0.15) is 5.69 Å². The van der Waals surface area contributed by atoms with Crippen LogP contribution < -0.4 is 5.43 Å². The maximum Gasteiger partial charge on any atom is 0.295 e. The Labute approximate surface area is 156 Å². The number of nitrogens with one attached hydrogen (secondary N) is 1. The van der Waals surface area contributed by atoms with E-state index in [4.69, 9.17) is 0 Å². The van der Waals surface area contributed by atoms with Gasteiger partial charge in [-0.3, -0.25) is 20.5 Å². The first kappa shape index (κ1) is 18.9. The molecular weight excluding hydrogens is 370 g/mol. The second-order valence-corrected chi connectivity index (χ2v) is 8.04. The summed E-state index contributed by atoms with van der Waals surface area (Å²) in [5, 5.41) is 15.6. The van der Waals surface area contributed by atoms with Crippen LogP contribution in [0.25, 0.3) is 0 Å². The van der Waals surface area contributed by atoms with Gasteiger partial charge in [0.05, 0.1) is 15.5 Å². The van der Waals surface area contributed by atoms with Gasteiger partial charge in [-0.1, -0.05) is 6.07 Å². The smallest absolute Gasteiger partial charge is 0.271 e. The number of hydrogen-bond acceptors (Lipinski definition) is 7. The average molecular weight is 389 g/mol. The van der Waals surface area contributed by atoms with Gasteiger partial charge in [0, 0.05) is 37.1 Å². The number of hydrazone groups is 1. The maximum atomic E-state index is 12.6. The molecule has 0 aliphatic carbocycles. The Morgan fingerprint density at radius 1 is 1.30 bits per heavy atom. The molecule has 142 valence electrons. The van der Waals surface area contributed by atoms with Crippen molar-refractivity contribution in [2.45, 2.75) is 24.7 Å². The Morgan fingerprint density at radius 2 is 2.04 bits per heavy atom. The van der Waals surface area contributed by atoms with Crippen molar-refractivity contribution >= 4 is 27.1 Å². The number of nitrogens with zero attached hydrogens (tertiary/aromatic N) is 4. The fourth-order valence-electron chi connectivity index (χ4n) is 2.78. The van der Waals surface area contributed by atoms with E-state index in [2.05, 4.69) is 15.5 Å². The number of sulfonamides is 1. The summed E-state index contributed by atoms with van der Waals surface area (Å²) in [7, 11) is -3.73. The summed E-state index contributed by atoms with van der Waals surface area (Å²) in [6.07, 6.45) is 4.85. The van der Waals surface area contributed by atoms with E-state index in [0.29, 0.717) is 18.8 Å². The highest BCUT2D eigenvalue weighted by Crippen LogP contribution is 2.30. The molecule has 2 heterocycles. The van der Waals surface area contributed by atoms with Gasteiger partial charge in [-0.25, -0.2) is 8.42 Å². The van der Waals surface area contributed by atoms with E-state index in [1.54, 1.807) is 25.4 Å². The minimum Gasteiger partial charge on any atom is -0.271 e. The Kier molecular flexibility index (Phi) is 5.47. The van der Waals surface area contributed by atoms with Crippen LogP contribution in [-0.4, -0.2) is 41.4 Å². The molecular formula is C17H19N5O4S. The molecule has 1 aliphatic rings. The van der Waals surface area contributed by atoms with Gasteiger partial charge in [0.25, 0.3) is 5.69 Å². The SMILES string of the molecule is C/C(=N\Nc1ccc(S(=O)(=O)N2CCCC2)cc1[N+](=O)[O-])c1cccnc1. The second-order valence-electron chi connectivity index (χ2n) is 6.10. The van der Waals surface area contributed by atoms with Crippen LogP contribution in [0.1, 0.15) is 25.3 Å². The van der Waals surface area contributed by atoms with Crippen LogP contribution in [0.15, 0.2) is 52.7 Å². The Morgan fingerprint density at radius 3 is 2.67 bits per heavy atom. The van der Waals surface area contributed by atoms with E-state index in [-0.39, 0.29) is 16.3 Å². The summed E-state index contributed by atoms with van der Waals surface area (Å²) < 4.78 is 26.6.